The van der Waals surface area contributed by atoms with E-state index in [-0.39, 0.29) is 5.41 Å². The molecule has 4 nitrogen and oxygen atoms in total. The van der Waals surface area contributed by atoms with Crippen LogP contribution in [0.1, 0.15) is 25.0 Å². The average Bonchev–Trinajstić information content (AvgIpc) is 4.01. The Bertz CT molecular complexity index is 3880. The molecule has 0 spiro atoms. The third-order valence-electron chi connectivity index (χ3n) is 13.4. The summed E-state index contributed by atoms with van der Waals surface area (Å²) in [6, 6.07) is 71.3. The summed E-state index contributed by atoms with van der Waals surface area (Å²) in [6.07, 6.45) is 0. The van der Waals surface area contributed by atoms with Gasteiger partial charge in [-0.15, -0.1) is 11.3 Å². The van der Waals surface area contributed by atoms with E-state index in [1.54, 1.807) is 11.3 Å². The molecule has 9 aromatic carbocycles. The van der Waals surface area contributed by atoms with Crippen LogP contribution in [0, 0.1) is 0 Å². The van der Waals surface area contributed by atoms with Crippen LogP contribution in [0.4, 0.5) is 0 Å². The van der Waals surface area contributed by atoms with Crippen LogP contribution in [0.25, 0.3) is 121 Å². The van der Waals surface area contributed by atoms with Crippen molar-refractivity contribution in [3.05, 3.63) is 211 Å². The third kappa shape index (κ3) is 6.07. The third-order valence-corrected chi connectivity index (χ3v) is 14.6. The summed E-state index contributed by atoms with van der Waals surface area (Å²) in [5, 5.41) is 4.41. The minimum absolute atomic E-state index is 0.0287. The Morgan fingerprint density at radius 3 is 1.80 bits per heavy atom. The van der Waals surface area contributed by atoms with E-state index in [1.165, 1.54) is 48.9 Å². The van der Waals surface area contributed by atoms with Gasteiger partial charge < -0.3 is 4.42 Å². The van der Waals surface area contributed by atoms with Crippen LogP contribution in [-0.4, -0.2) is 15.0 Å². The number of rotatable bonds is 6. The first kappa shape index (κ1) is 37.6. The molecule has 5 heteroatoms. The van der Waals surface area contributed by atoms with Gasteiger partial charge in [0.05, 0.1) is 0 Å². The molecule has 3 aromatic heterocycles. The van der Waals surface area contributed by atoms with E-state index >= 15 is 0 Å². The molecule has 0 amide bonds. The summed E-state index contributed by atoms with van der Waals surface area (Å²) < 4.78 is 8.99. The fourth-order valence-electron chi connectivity index (χ4n) is 10.1. The zero-order chi connectivity index (χ0) is 43.2. The second-order valence-corrected chi connectivity index (χ2v) is 18.6. The predicted molar refractivity (Wildman–Crippen MR) is 270 cm³/mol. The summed E-state index contributed by atoms with van der Waals surface area (Å²) in [7, 11) is 0. The number of thiophene rings is 1. The number of fused-ring (bicyclic) bond motifs is 9. The van der Waals surface area contributed by atoms with Gasteiger partial charge in [-0.05, 0) is 104 Å². The molecule has 306 valence electrons. The molecular weight excluding hydrogens is 811 g/mol. The highest BCUT2D eigenvalue weighted by molar-refractivity contribution is 7.26. The molecule has 3 heterocycles. The molecule has 0 saturated heterocycles. The van der Waals surface area contributed by atoms with Gasteiger partial charge in [0, 0.05) is 53.1 Å². The highest BCUT2D eigenvalue weighted by Gasteiger charge is 2.35. The van der Waals surface area contributed by atoms with E-state index in [0.717, 1.165) is 65.6 Å². The minimum atomic E-state index is -0.0287. The highest BCUT2D eigenvalue weighted by atomic mass is 32.1. The maximum atomic E-state index is 6.60. The van der Waals surface area contributed by atoms with E-state index in [2.05, 4.69) is 196 Å². The van der Waals surface area contributed by atoms with Gasteiger partial charge in [0.25, 0.3) is 0 Å². The molecule has 0 saturated carbocycles. The Balaban J connectivity index is 0.964. The Kier molecular flexibility index (Phi) is 8.39. The standard InChI is InChI=1S/C60H39N3OS/c1-60(2)50-25-8-6-20-43(50)48-34-40(28-30-51(48)60)38-17-10-18-39(32-38)41-29-31-52-49(35-41)55-46(23-13-26-53(55)64-52)58-61-57(42-19-11-16-37(33-42)36-14-4-3-5-15-36)62-59(63-58)47-24-12-22-45-44-21-7-9-27-54(44)65-56(45)47/h3-35H,1-2H3. The van der Waals surface area contributed by atoms with Crippen LogP contribution in [0.5, 0.6) is 0 Å². The lowest BCUT2D eigenvalue weighted by molar-refractivity contribution is 0.660. The van der Waals surface area contributed by atoms with Crippen molar-refractivity contribution < 1.29 is 4.42 Å². The fourth-order valence-corrected chi connectivity index (χ4v) is 11.3. The summed E-state index contributed by atoms with van der Waals surface area (Å²) >= 11 is 1.78. The Labute approximate surface area is 380 Å². The van der Waals surface area contributed by atoms with Gasteiger partial charge >= 0.3 is 0 Å². The first-order valence-corrected chi connectivity index (χ1v) is 22.9. The van der Waals surface area contributed by atoms with Crippen molar-refractivity contribution >= 4 is 53.4 Å². The van der Waals surface area contributed by atoms with Crippen LogP contribution >= 0.6 is 11.3 Å². The second-order valence-electron chi connectivity index (χ2n) is 17.5. The van der Waals surface area contributed by atoms with E-state index in [9.17, 15) is 0 Å². The first-order valence-electron chi connectivity index (χ1n) is 22.1. The number of aromatic nitrogens is 3. The lowest BCUT2D eigenvalue weighted by Crippen LogP contribution is -2.14. The van der Waals surface area contributed by atoms with Gasteiger partial charge in [0.1, 0.15) is 11.2 Å². The number of hydrogen-bond acceptors (Lipinski definition) is 5. The maximum absolute atomic E-state index is 6.60. The molecular formula is C60H39N3OS. The number of nitrogens with zero attached hydrogens (tertiary/aromatic N) is 3. The molecule has 1 aliphatic rings. The molecule has 65 heavy (non-hydrogen) atoms. The van der Waals surface area contributed by atoms with Crippen molar-refractivity contribution in [3.63, 3.8) is 0 Å². The molecule has 0 atom stereocenters. The summed E-state index contributed by atoms with van der Waals surface area (Å²) in [6.45, 7) is 4.66. The molecule has 0 bridgehead atoms. The monoisotopic (exact) mass is 849 g/mol. The summed E-state index contributed by atoms with van der Waals surface area (Å²) in [5.41, 5.74) is 16.6. The van der Waals surface area contributed by atoms with Gasteiger partial charge in [0.2, 0.25) is 0 Å². The second kappa shape index (κ2) is 14.5. The molecule has 0 aliphatic heterocycles. The quantitative estimate of drug-likeness (QED) is 0.167. The van der Waals surface area contributed by atoms with E-state index in [1.807, 2.05) is 18.2 Å². The van der Waals surface area contributed by atoms with E-state index < -0.39 is 0 Å². The Morgan fingerprint density at radius 1 is 0.369 bits per heavy atom. The number of furan rings is 1. The topological polar surface area (TPSA) is 51.8 Å². The predicted octanol–water partition coefficient (Wildman–Crippen LogP) is 16.4. The van der Waals surface area contributed by atoms with Gasteiger partial charge in [-0.1, -0.05) is 166 Å². The maximum Gasteiger partial charge on any atom is 0.165 e. The Hall–Kier alpha value is -7.99. The largest absolute Gasteiger partial charge is 0.456 e. The van der Waals surface area contributed by atoms with Gasteiger partial charge in [-0.3, -0.25) is 0 Å². The SMILES string of the molecule is CC1(C)c2ccccc2-c2cc(-c3cccc(-c4ccc5oc6cccc(-c7nc(-c8cccc(-c9ccccc9)c8)nc(-c8cccc9c8sc8ccccc89)n7)c6c5c4)c3)ccc21. The van der Waals surface area contributed by atoms with Gasteiger partial charge in [-0.2, -0.15) is 0 Å². The molecule has 12 aromatic rings. The van der Waals surface area contributed by atoms with Crippen LogP contribution in [0.2, 0.25) is 0 Å². The van der Waals surface area contributed by atoms with Crippen molar-refractivity contribution in [1.29, 1.82) is 0 Å². The van der Waals surface area contributed by atoms with Gasteiger partial charge in [0.15, 0.2) is 17.5 Å². The fraction of sp³-hybridized carbons (Fsp3) is 0.0500. The molecule has 0 fully saturated rings. The number of benzene rings is 9. The smallest absolute Gasteiger partial charge is 0.165 e. The molecule has 0 N–H and O–H groups in total. The Morgan fingerprint density at radius 2 is 0.938 bits per heavy atom. The van der Waals surface area contributed by atoms with Crippen LogP contribution in [-0.2, 0) is 5.41 Å². The van der Waals surface area contributed by atoms with E-state index in [0.29, 0.717) is 17.5 Å². The first-order chi connectivity index (χ1) is 31.9. The van der Waals surface area contributed by atoms with Crippen molar-refractivity contribution in [2.75, 3.05) is 0 Å². The van der Waals surface area contributed by atoms with Crippen molar-refractivity contribution in [2.24, 2.45) is 0 Å². The average molecular weight is 850 g/mol. The number of hydrogen-bond donors (Lipinski definition) is 0. The molecule has 13 rings (SSSR count). The van der Waals surface area contributed by atoms with Crippen LogP contribution in [0.3, 0.4) is 0 Å². The van der Waals surface area contributed by atoms with Crippen molar-refractivity contribution in [1.82, 2.24) is 15.0 Å². The van der Waals surface area contributed by atoms with E-state index in [4.69, 9.17) is 19.4 Å². The highest BCUT2D eigenvalue weighted by Crippen LogP contribution is 2.50. The summed E-state index contributed by atoms with van der Waals surface area (Å²) in [5.74, 6) is 1.84. The summed E-state index contributed by atoms with van der Waals surface area (Å²) in [4.78, 5) is 15.9. The molecule has 0 radical (unpaired) electrons. The van der Waals surface area contributed by atoms with Crippen molar-refractivity contribution in [2.45, 2.75) is 19.3 Å². The lowest BCUT2D eigenvalue weighted by Gasteiger charge is -2.21. The zero-order valence-corrected chi connectivity index (χ0v) is 36.5. The minimum Gasteiger partial charge on any atom is -0.456 e. The zero-order valence-electron chi connectivity index (χ0n) is 35.7. The molecule has 1 aliphatic carbocycles. The van der Waals surface area contributed by atoms with Crippen LogP contribution < -0.4 is 0 Å². The normalized spacial score (nSPS) is 12.9. The van der Waals surface area contributed by atoms with Gasteiger partial charge in [-0.25, -0.2) is 15.0 Å². The van der Waals surface area contributed by atoms with Crippen molar-refractivity contribution in [3.8, 4) is 78.7 Å². The van der Waals surface area contributed by atoms with Crippen LogP contribution in [0.15, 0.2) is 205 Å². The molecule has 0 unspecified atom stereocenters. The lowest BCUT2D eigenvalue weighted by atomic mass is 9.82.